The van der Waals surface area contributed by atoms with Crippen molar-refractivity contribution in [3.63, 3.8) is 0 Å². The van der Waals surface area contributed by atoms with Crippen molar-refractivity contribution in [2.45, 2.75) is 19.9 Å². The van der Waals surface area contributed by atoms with Gasteiger partial charge in [-0.1, -0.05) is 0 Å². The summed E-state index contributed by atoms with van der Waals surface area (Å²) < 4.78 is 5.38. The molecular weight excluding hydrogens is 292 g/mol. The molecule has 6 heteroatoms. The Bertz CT molecular complexity index is 620. The summed E-state index contributed by atoms with van der Waals surface area (Å²) in [5.41, 5.74) is 1.72. The first kappa shape index (κ1) is 13.7. The number of nitrogens with zero attached hydrogens (tertiary/aromatic N) is 2. The van der Waals surface area contributed by atoms with Crippen molar-refractivity contribution in [3.8, 4) is 10.6 Å². The molecule has 0 saturated carbocycles. The Morgan fingerprint density at radius 3 is 3.00 bits per heavy atom. The summed E-state index contributed by atoms with van der Waals surface area (Å²) in [7, 11) is 0. The molecule has 106 valence electrons. The van der Waals surface area contributed by atoms with Crippen LogP contribution in [0.15, 0.2) is 16.8 Å². The third-order valence-corrected chi connectivity index (χ3v) is 5.07. The largest absolute Gasteiger partial charge is 0.377 e. The number of aryl methyl sites for hydroxylation is 1. The normalized spacial score (nSPS) is 19.3. The van der Waals surface area contributed by atoms with E-state index in [0.29, 0.717) is 19.8 Å². The van der Waals surface area contributed by atoms with Gasteiger partial charge in [0.25, 0.3) is 5.91 Å². The molecule has 3 rings (SSSR count). The van der Waals surface area contributed by atoms with Gasteiger partial charge < -0.3 is 9.64 Å². The molecule has 2 aromatic rings. The number of aromatic nitrogens is 1. The van der Waals surface area contributed by atoms with E-state index in [0.717, 1.165) is 21.1 Å². The predicted octanol–water partition coefficient (Wildman–Crippen LogP) is 3.04. The molecule has 1 aliphatic rings. The molecule has 1 unspecified atom stereocenters. The second kappa shape index (κ2) is 5.63. The summed E-state index contributed by atoms with van der Waals surface area (Å²) in [5.74, 6) is 0.0928. The molecule has 1 saturated heterocycles. The first-order valence-electron chi connectivity index (χ1n) is 6.55. The molecule has 1 atom stereocenters. The van der Waals surface area contributed by atoms with Crippen molar-refractivity contribution in [2.24, 2.45) is 0 Å². The highest BCUT2D eigenvalue weighted by atomic mass is 32.1. The quantitative estimate of drug-likeness (QED) is 0.856. The van der Waals surface area contributed by atoms with Gasteiger partial charge in [0, 0.05) is 17.3 Å². The van der Waals surface area contributed by atoms with Crippen LogP contribution in [0, 0.1) is 6.92 Å². The number of amides is 1. The zero-order valence-corrected chi connectivity index (χ0v) is 13.1. The first-order chi connectivity index (χ1) is 9.65. The molecule has 1 amide bonds. The molecule has 1 fully saturated rings. The van der Waals surface area contributed by atoms with Crippen LogP contribution < -0.4 is 0 Å². The molecule has 3 heterocycles. The highest BCUT2D eigenvalue weighted by Gasteiger charge is 2.25. The lowest BCUT2D eigenvalue weighted by molar-refractivity contribution is 0.00363. The zero-order chi connectivity index (χ0) is 14.1. The third kappa shape index (κ3) is 2.63. The number of hydrogen-bond acceptors (Lipinski definition) is 5. The van der Waals surface area contributed by atoms with E-state index < -0.39 is 0 Å². The molecule has 0 spiro atoms. The molecule has 0 aromatic carbocycles. The highest BCUT2D eigenvalue weighted by Crippen LogP contribution is 2.29. The van der Waals surface area contributed by atoms with Gasteiger partial charge in [0.15, 0.2) is 0 Å². The number of hydrogen-bond donors (Lipinski definition) is 0. The molecule has 20 heavy (non-hydrogen) atoms. The SMILES string of the molecule is Cc1nc(-c2cc(C(=O)N3CCOCC3C)cs2)cs1. The van der Waals surface area contributed by atoms with Crippen LogP contribution in [-0.2, 0) is 4.74 Å². The van der Waals surface area contributed by atoms with Crippen molar-refractivity contribution in [3.05, 3.63) is 27.4 Å². The molecule has 0 radical (unpaired) electrons. The zero-order valence-electron chi connectivity index (χ0n) is 11.5. The van der Waals surface area contributed by atoms with Crippen molar-refractivity contribution < 1.29 is 9.53 Å². The molecular formula is C14H16N2O2S2. The fourth-order valence-corrected chi connectivity index (χ4v) is 3.78. The summed E-state index contributed by atoms with van der Waals surface area (Å²) in [5, 5.41) is 5.00. The minimum absolute atomic E-state index is 0.0928. The van der Waals surface area contributed by atoms with Gasteiger partial charge in [-0.05, 0) is 19.9 Å². The number of thiophene rings is 1. The summed E-state index contributed by atoms with van der Waals surface area (Å²) in [6.45, 7) is 5.92. The molecule has 2 aromatic heterocycles. The van der Waals surface area contributed by atoms with Crippen molar-refractivity contribution in [1.82, 2.24) is 9.88 Å². The van der Waals surface area contributed by atoms with Crippen molar-refractivity contribution in [1.29, 1.82) is 0 Å². The van der Waals surface area contributed by atoms with Gasteiger partial charge in [0.05, 0.1) is 40.4 Å². The van der Waals surface area contributed by atoms with Crippen LogP contribution >= 0.6 is 22.7 Å². The fourth-order valence-electron chi connectivity index (χ4n) is 2.25. The highest BCUT2D eigenvalue weighted by molar-refractivity contribution is 7.14. The number of thiazole rings is 1. The molecule has 0 N–H and O–H groups in total. The monoisotopic (exact) mass is 308 g/mol. The fraction of sp³-hybridized carbons (Fsp3) is 0.429. The first-order valence-corrected chi connectivity index (χ1v) is 8.31. The van der Waals surface area contributed by atoms with Gasteiger partial charge in [0.1, 0.15) is 0 Å². The van der Waals surface area contributed by atoms with Crippen LogP contribution in [-0.4, -0.2) is 41.6 Å². The molecule has 0 bridgehead atoms. The van der Waals surface area contributed by atoms with E-state index in [1.54, 1.807) is 22.7 Å². The van der Waals surface area contributed by atoms with Crippen LogP contribution in [0.3, 0.4) is 0 Å². The molecule has 4 nitrogen and oxygen atoms in total. The van der Waals surface area contributed by atoms with E-state index in [1.807, 2.05) is 35.6 Å². The molecule has 1 aliphatic heterocycles. The smallest absolute Gasteiger partial charge is 0.255 e. The molecule has 0 aliphatic carbocycles. The van der Waals surface area contributed by atoms with E-state index in [9.17, 15) is 4.79 Å². The van der Waals surface area contributed by atoms with Crippen molar-refractivity contribution in [2.75, 3.05) is 19.8 Å². The van der Waals surface area contributed by atoms with Gasteiger partial charge in [-0.15, -0.1) is 22.7 Å². The van der Waals surface area contributed by atoms with Crippen LogP contribution in [0.4, 0.5) is 0 Å². The Morgan fingerprint density at radius 1 is 1.45 bits per heavy atom. The standard InChI is InChI=1S/C14H16N2O2S2/c1-9-6-18-4-3-16(9)14(17)11-5-13(20-7-11)12-8-19-10(2)15-12/h5,7-9H,3-4,6H2,1-2H3. The van der Waals surface area contributed by atoms with Crippen LogP contribution in [0.1, 0.15) is 22.3 Å². The van der Waals surface area contributed by atoms with Crippen molar-refractivity contribution >= 4 is 28.6 Å². The van der Waals surface area contributed by atoms with E-state index in [2.05, 4.69) is 4.98 Å². The number of rotatable bonds is 2. The summed E-state index contributed by atoms with van der Waals surface area (Å²) in [6.07, 6.45) is 0. The number of carbonyl (C=O) groups excluding carboxylic acids is 1. The van der Waals surface area contributed by atoms with Gasteiger partial charge in [0.2, 0.25) is 0 Å². The lowest BCUT2D eigenvalue weighted by atomic mass is 10.2. The topological polar surface area (TPSA) is 42.4 Å². The second-order valence-corrected chi connectivity index (χ2v) is 6.85. The lowest BCUT2D eigenvalue weighted by Gasteiger charge is -2.33. The van der Waals surface area contributed by atoms with E-state index in [-0.39, 0.29) is 11.9 Å². The van der Waals surface area contributed by atoms with Gasteiger partial charge in [-0.25, -0.2) is 4.98 Å². The lowest BCUT2D eigenvalue weighted by Crippen LogP contribution is -2.46. The van der Waals surface area contributed by atoms with Crippen LogP contribution in [0.2, 0.25) is 0 Å². The van der Waals surface area contributed by atoms with Gasteiger partial charge >= 0.3 is 0 Å². The Kier molecular flexibility index (Phi) is 3.87. The Morgan fingerprint density at radius 2 is 2.30 bits per heavy atom. The predicted molar refractivity (Wildman–Crippen MR) is 81.5 cm³/mol. The average molecular weight is 308 g/mol. The van der Waals surface area contributed by atoms with E-state index in [1.165, 1.54) is 0 Å². The Labute approximate surface area is 126 Å². The summed E-state index contributed by atoms with van der Waals surface area (Å²) in [4.78, 5) is 19.9. The number of carbonyl (C=O) groups is 1. The average Bonchev–Trinajstić information content (AvgIpc) is 3.07. The van der Waals surface area contributed by atoms with Gasteiger partial charge in [-0.3, -0.25) is 4.79 Å². The summed E-state index contributed by atoms with van der Waals surface area (Å²) >= 11 is 3.20. The Balaban J connectivity index is 1.81. The Hall–Kier alpha value is -1.24. The number of morpholine rings is 1. The second-order valence-electron chi connectivity index (χ2n) is 4.87. The maximum Gasteiger partial charge on any atom is 0.255 e. The van der Waals surface area contributed by atoms with Crippen LogP contribution in [0.25, 0.3) is 10.6 Å². The minimum Gasteiger partial charge on any atom is -0.377 e. The van der Waals surface area contributed by atoms with E-state index in [4.69, 9.17) is 4.74 Å². The maximum atomic E-state index is 12.5. The van der Waals surface area contributed by atoms with Crippen LogP contribution in [0.5, 0.6) is 0 Å². The summed E-state index contributed by atoms with van der Waals surface area (Å²) in [6, 6.07) is 2.09. The number of ether oxygens (including phenoxy) is 1. The maximum absolute atomic E-state index is 12.5. The van der Waals surface area contributed by atoms with Gasteiger partial charge in [-0.2, -0.15) is 0 Å². The minimum atomic E-state index is 0.0928. The van der Waals surface area contributed by atoms with E-state index >= 15 is 0 Å². The third-order valence-electron chi connectivity index (χ3n) is 3.35.